The van der Waals surface area contributed by atoms with Crippen molar-refractivity contribution in [3.05, 3.63) is 82.2 Å². The van der Waals surface area contributed by atoms with E-state index in [-0.39, 0.29) is 22.5 Å². The molecule has 0 aliphatic heterocycles. The number of aromatic carboxylic acids is 1. The SMILES string of the molecule is Cc1ccc(C(=O)O)c(NC(=O)c2cc(C)n(-c3ccccc3C(F)(F)F)c2C)c1. The number of carbonyl (C=O) groups is 2. The molecular formula is C22H19F3N2O3. The van der Waals surface area contributed by atoms with E-state index < -0.39 is 23.6 Å². The first kappa shape index (κ1) is 21.2. The Balaban J connectivity index is 2.05. The zero-order valence-corrected chi connectivity index (χ0v) is 16.5. The van der Waals surface area contributed by atoms with E-state index in [0.717, 1.165) is 11.6 Å². The third kappa shape index (κ3) is 3.94. The van der Waals surface area contributed by atoms with Gasteiger partial charge in [-0.1, -0.05) is 18.2 Å². The Kier molecular flexibility index (Phi) is 5.43. The molecule has 0 saturated heterocycles. The fourth-order valence-corrected chi connectivity index (χ4v) is 3.41. The first-order valence-electron chi connectivity index (χ1n) is 9.01. The highest BCUT2D eigenvalue weighted by Crippen LogP contribution is 2.35. The maximum atomic E-state index is 13.5. The number of nitrogens with zero attached hydrogens (tertiary/aromatic N) is 1. The van der Waals surface area contributed by atoms with Crippen LogP contribution in [0.15, 0.2) is 48.5 Å². The van der Waals surface area contributed by atoms with Gasteiger partial charge in [-0.05, 0) is 56.7 Å². The molecule has 3 rings (SSSR count). The van der Waals surface area contributed by atoms with Crippen molar-refractivity contribution in [1.82, 2.24) is 4.57 Å². The number of carboxylic acid groups (broad SMARTS) is 1. The number of aryl methyl sites for hydroxylation is 2. The molecule has 2 N–H and O–H groups in total. The summed E-state index contributed by atoms with van der Waals surface area (Å²) in [5.74, 6) is -1.80. The van der Waals surface area contributed by atoms with Gasteiger partial charge in [-0.2, -0.15) is 13.2 Å². The van der Waals surface area contributed by atoms with E-state index >= 15 is 0 Å². The van der Waals surface area contributed by atoms with Gasteiger partial charge in [0.05, 0.1) is 28.1 Å². The van der Waals surface area contributed by atoms with Crippen molar-refractivity contribution in [3.8, 4) is 5.69 Å². The summed E-state index contributed by atoms with van der Waals surface area (Å²) in [5, 5.41) is 11.9. The number of carbonyl (C=O) groups excluding carboxylic acids is 1. The van der Waals surface area contributed by atoms with Crippen LogP contribution in [-0.2, 0) is 6.18 Å². The third-order valence-corrected chi connectivity index (χ3v) is 4.78. The molecule has 1 aromatic heterocycles. The monoisotopic (exact) mass is 416 g/mol. The molecule has 5 nitrogen and oxygen atoms in total. The summed E-state index contributed by atoms with van der Waals surface area (Å²) in [6.45, 7) is 4.90. The van der Waals surface area contributed by atoms with Crippen LogP contribution < -0.4 is 5.32 Å². The Hall–Kier alpha value is -3.55. The van der Waals surface area contributed by atoms with Gasteiger partial charge in [-0.25, -0.2) is 4.79 Å². The molecule has 3 aromatic rings. The van der Waals surface area contributed by atoms with E-state index in [1.54, 1.807) is 26.8 Å². The Bertz CT molecular complexity index is 1150. The number of halogens is 3. The molecule has 0 radical (unpaired) electrons. The Morgan fingerprint density at radius 3 is 2.27 bits per heavy atom. The minimum Gasteiger partial charge on any atom is -0.478 e. The molecule has 0 atom stereocenters. The largest absolute Gasteiger partial charge is 0.478 e. The Morgan fingerprint density at radius 1 is 0.967 bits per heavy atom. The Morgan fingerprint density at radius 2 is 1.63 bits per heavy atom. The normalized spacial score (nSPS) is 11.4. The fraction of sp³-hybridized carbons (Fsp3) is 0.182. The number of benzene rings is 2. The Labute approximate surface area is 170 Å². The molecule has 0 aliphatic carbocycles. The van der Waals surface area contributed by atoms with E-state index in [0.29, 0.717) is 11.4 Å². The lowest BCUT2D eigenvalue weighted by Crippen LogP contribution is -2.16. The number of alkyl halides is 3. The van der Waals surface area contributed by atoms with Crippen LogP contribution in [0.1, 0.15) is 43.2 Å². The third-order valence-electron chi connectivity index (χ3n) is 4.78. The lowest BCUT2D eigenvalue weighted by Gasteiger charge is -2.17. The van der Waals surface area contributed by atoms with Crippen LogP contribution in [0, 0.1) is 20.8 Å². The van der Waals surface area contributed by atoms with Crippen molar-refractivity contribution in [3.63, 3.8) is 0 Å². The van der Waals surface area contributed by atoms with E-state index in [9.17, 15) is 27.9 Å². The van der Waals surface area contributed by atoms with Crippen molar-refractivity contribution in [1.29, 1.82) is 0 Å². The molecule has 2 aromatic carbocycles. The van der Waals surface area contributed by atoms with Gasteiger partial charge < -0.3 is 15.0 Å². The molecule has 0 aliphatic rings. The molecule has 0 unspecified atom stereocenters. The topological polar surface area (TPSA) is 71.3 Å². The fourth-order valence-electron chi connectivity index (χ4n) is 3.41. The molecule has 0 bridgehead atoms. The maximum absolute atomic E-state index is 13.5. The lowest BCUT2D eigenvalue weighted by atomic mass is 10.1. The highest BCUT2D eigenvalue weighted by molar-refractivity contribution is 6.08. The summed E-state index contributed by atoms with van der Waals surface area (Å²) in [4.78, 5) is 24.3. The zero-order valence-electron chi connectivity index (χ0n) is 16.5. The number of carboxylic acids is 1. The average molecular weight is 416 g/mol. The van der Waals surface area contributed by atoms with E-state index in [1.807, 2.05) is 0 Å². The number of hydrogen-bond donors (Lipinski definition) is 2. The molecule has 1 heterocycles. The first-order valence-corrected chi connectivity index (χ1v) is 9.01. The molecule has 0 fully saturated rings. The second-order valence-corrected chi connectivity index (χ2v) is 6.94. The van der Waals surface area contributed by atoms with E-state index in [2.05, 4.69) is 5.32 Å². The first-order chi connectivity index (χ1) is 14.0. The number of rotatable bonds is 4. The van der Waals surface area contributed by atoms with Crippen LogP contribution >= 0.6 is 0 Å². The molecule has 30 heavy (non-hydrogen) atoms. The van der Waals surface area contributed by atoms with Crippen LogP contribution in [0.3, 0.4) is 0 Å². The molecule has 156 valence electrons. The summed E-state index contributed by atoms with van der Waals surface area (Å²) >= 11 is 0. The van der Waals surface area contributed by atoms with E-state index in [4.69, 9.17) is 0 Å². The van der Waals surface area contributed by atoms with Gasteiger partial charge in [0.1, 0.15) is 0 Å². The average Bonchev–Trinajstić information content (AvgIpc) is 2.95. The predicted octanol–water partition coefficient (Wildman–Crippen LogP) is 5.37. The summed E-state index contributed by atoms with van der Waals surface area (Å²) in [5.41, 5.74) is 0.801. The van der Waals surface area contributed by atoms with Gasteiger partial charge in [0.25, 0.3) is 5.91 Å². The highest BCUT2D eigenvalue weighted by Gasteiger charge is 2.34. The van der Waals surface area contributed by atoms with Crippen molar-refractivity contribution < 1.29 is 27.9 Å². The van der Waals surface area contributed by atoms with Gasteiger partial charge in [0.15, 0.2) is 0 Å². The highest BCUT2D eigenvalue weighted by atomic mass is 19.4. The summed E-state index contributed by atoms with van der Waals surface area (Å²) in [7, 11) is 0. The molecule has 0 saturated carbocycles. The van der Waals surface area contributed by atoms with Crippen LogP contribution in [-0.4, -0.2) is 21.6 Å². The van der Waals surface area contributed by atoms with Crippen LogP contribution in [0.25, 0.3) is 5.69 Å². The number of amides is 1. The summed E-state index contributed by atoms with van der Waals surface area (Å²) in [6.07, 6.45) is -4.56. The van der Waals surface area contributed by atoms with Crippen molar-refractivity contribution >= 4 is 17.6 Å². The van der Waals surface area contributed by atoms with Crippen molar-refractivity contribution in [2.75, 3.05) is 5.32 Å². The number of anilines is 1. The number of aromatic nitrogens is 1. The number of hydrogen-bond acceptors (Lipinski definition) is 2. The maximum Gasteiger partial charge on any atom is 0.418 e. The standard InChI is InChI=1S/C22H19F3N2O3/c1-12-8-9-15(21(29)30)18(10-12)26-20(28)16-11-13(2)27(14(16)3)19-7-5-4-6-17(19)22(23,24)25/h4-11H,1-3H3,(H,26,28)(H,29,30). The van der Waals surface area contributed by atoms with Gasteiger partial charge in [0.2, 0.25) is 0 Å². The predicted molar refractivity (Wildman–Crippen MR) is 106 cm³/mol. The minimum atomic E-state index is -4.56. The van der Waals surface area contributed by atoms with Gasteiger partial charge >= 0.3 is 12.1 Å². The van der Waals surface area contributed by atoms with Crippen molar-refractivity contribution in [2.45, 2.75) is 26.9 Å². The van der Waals surface area contributed by atoms with Gasteiger partial charge in [0, 0.05) is 11.4 Å². The molecule has 8 heteroatoms. The van der Waals surface area contributed by atoms with Gasteiger partial charge in [-0.3, -0.25) is 4.79 Å². The number of para-hydroxylation sites is 1. The molecule has 1 amide bonds. The zero-order chi connectivity index (χ0) is 22.2. The van der Waals surface area contributed by atoms with Gasteiger partial charge in [-0.15, -0.1) is 0 Å². The second-order valence-electron chi connectivity index (χ2n) is 6.94. The second kappa shape index (κ2) is 7.70. The quantitative estimate of drug-likeness (QED) is 0.601. The summed E-state index contributed by atoms with van der Waals surface area (Å²) in [6, 6.07) is 11.1. The van der Waals surface area contributed by atoms with E-state index in [1.165, 1.54) is 41.0 Å². The minimum absolute atomic E-state index is 0.0785. The smallest absolute Gasteiger partial charge is 0.418 e. The molecule has 0 spiro atoms. The number of nitrogens with one attached hydrogen (secondary N) is 1. The van der Waals surface area contributed by atoms with Crippen LogP contribution in [0.4, 0.5) is 18.9 Å². The van der Waals surface area contributed by atoms with Crippen LogP contribution in [0.2, 0.25) is 0 Å². The van der Waals surface area contributed by atoms with Crippen LogP contribution in [0.5, 0.6) is 0 Å². The lowest BCUT2D eigenvalue weighted by molar-refractivity contribution is -0.137. The summed E-state index contributed by atoms with van der Waals surface area (Å²) < 4.78 is 41.7. The van der Waals surface area contributed by atoms with Crippen molar-refractivity contribution in [2.24, 2.45) is 0 Å². The molecular weight excluding hydrogens is 397 g/mol.